The van der Waals surface area contributed by atoms with Gasteiger partial charge in [0.2, 0.25) is 0 Å². The quantitative estimate of drug-likeness (QED) is 0.408. The Morgan fingerprint density at radius 1 is 0.800 bits per heavy atom. The molecule has 0 amide bonds. The Kier molecular flexibility index (Phi) is 4.06. The van der Waals surface area contributed by atoms with Crippen LogP contribution in [-0.2, 0) is 0 Å². The zero-order valence-corrected chi connectivity index (χ0v) is 9.30. The first-order valence-corrected chi connectivity index (χ1v) is 4.60. The minimum atomic E-state index is -2.01. The minimum Gasteiger partial charge on any atom is -0.204 e. The van der Waals surface area contributed by atoms with Gasteiger partial charge in [-0.15, -0.1) is 0 Å². The van der Waals surface area contributed by atoms with E-state index >= 15 is 0 Å². The fourth-order valence-electron chi connectivity index (χ4n) is 1.32. The first-order valence-electron chi connectivity index (χ1n) is 4.60. The van der Waals surface area contributed by atoms with Gasteiger partial charge >= 0.3 is 5.82 Å². The van der Waals surface area contributed by atoms with Gasteiger partial charge in [0.1, 0.15) is 36.1 Å². The van der Waals surface area contributed by atoms with Gasteiger partial charge in [-0.3, -0.25) is 0 Å². The van der Waals surface area contributed by atoms with Gasteiger partial charge < -0.3 is 0 Å². The molecule has 0 bridgehead atoms. The van der Waals surface area contributed by atoms with Crippen molar-refractivity contribution in [2.75, 3.05) is 0 Å². The molecule has 0 aliphatic heterocycles. The third kappa shape index (κ3) is 2.03. The molecule has 1 aromatic rings. The van der Waals surface area contributed by atoms with Crippen molar-refractivity contribution in [3.63, 3.8) is 0 Å². The fourth-order valence-corrected chi connectivity index (χ4v) is 1.32. The molecule has 0 radical (unpaired) electrons. The lowest BCUT2D eigenvalue weighted by atomic mass is 10.1. The minimum absolute atomic E-state index is 1.10. The number of hydrogen-bond acceptors (Lipinski definition) is 2. The van der Waals surface area contributed by atoms with Crippen LogP contribution < -0.4 is 10.4 Å². The Balaban J connectivity index is 4.35. The van der Waals surface area contributed by atoms with Crippen molar-refractivity contribution in [1.29, 1.82) is 10.5 Å². The van der Waals surface area contributed by atoms with E-state index < -0.39 is 45.1 Å². The number of rotatable bonds is 0. The molecule has 0 N–H and O–H groups in total. The molecular weight excluding hydrogens is 276 g/mol. The zero-order chi connectivity index (χ0) is 15.4. The van der Waals surface area contributed by atoms with E-state index in [0.717, 1.165) is 12.1 Å². The average molecular weight is 276 g/mol. The summed E-state index contributed by atoms with van der Waals surface area (Å²) in [4.78, 5) is 4.92. The van der Waals surface area contributed by atoms with Crippen molar-refractivity contribution in [3.8, 4) is 12.1 Å². The second-order valence-corrected chi connectivity index (χ2v) is 3.15. The van der Waals surface area contributed by atoms with Crippen molar-refractivity contribution in [2.45, 2.75) is 0 Å². The molecule has 20 heavy (non-hydrogen) atoms. The van der Waals surface area contributed by atoms with Gasteiger partial charge in [-0.2, -0.15) is 20.2 Å². The summed E-state index contributed by atoms with van der Waals surface area (Å²) in [5.41, 5.74) is -1.17. The van der Waals surface area contributed by atoms with Gasteiger partial charge in [0.25, 0.3) is 0 Å². The molecule has 0 aliphatic rings. The molecule has 8 heteroatoms. The van der Waals surface area contributed by atoms with E-state index in [9.17, 15) is 17.6 Å². The van der Waals surface area contributed by atoms with Gasteiger partial charge in [0.05, 0.1) is 5.22 Å². The van der Waals surface area contributed by atoms with Crippen molar-refractivity contribution >= 4 is 11.4 Å². The lowest BCUT2D eigenvalue weighted by Gasteiger charge is -1.99. The molecule has 4 nitrogen and oxygen atoms in total. The molecule has 0 unspecified atom stereocenters. The van der Waals surface area contributed by atoms with Crippen LogP contribution in [0.15, 0.2) is 0 Å². The summed E-state index contributed by atoms with van der Waals surface area (Å²) in [6, 6.07) is 2.19. The highest BCUT2D eigenvalue weighted by atomic mass is 19.2. The van der Waals surface area contributed by atoms with Gasteiger partial charge in [-0.05, 0) is 0 Å². The van der Waals surface area contributed by atoms with Crippen molar-refractivity contribution in [3.05, 3.63) is 56.5 Å². The van der Waals surface area contributed by atoms with Crippen LogP contribution in [0.2, 0.25) is 0 Å². The maximum Gasteiger partial charge on any atom is 0.532 e. The molecule has 1 rings (SSSR count). The first-order chi connectivity index (χ1) is 9.44. The zero-order valence-electron chi connectivity index (χ0n) is 9.30. The molecule has 0 atom stereocenters. The van der Waals surface area contributed by atoms with Gasteiger partial charge in [-0.1, -0.05) is 0 Å². The monoisotopic (exact) mass is 276 g/mol. The number of nitriles is 2. The van der Waals surface area contributed by atoms with E-state index in [0.29, 0.717) is 0 Å². The van der Waals surface area contributed by atoms with Gasteiger partial charge in [-0.25, -0.2) is 17.6 Å². The summed E-state index contributed by atoms with van der Waals surface area (Å²) in [6.45, 7) is 13.1. The van der Waals surface area contributed by atoms with Crippen LogP contribution in [0.5, 0.6) is 0 Å². The summed E-state index contributed by atoms with van der Waals surface area (Å²) < 4.78 is 54.6. The van der Waals surface area contributed by atoms with E-state index in [4.69, 9.17) is 23.7 Å². The summed E-state index contributed by atoms with van der Waals surface area (Å²) in [5.74, 6) is -9.25. The number of benzene rings is 1. The largest absolute Gasteiger partial charge is 0.532 e. The summed E-state index contributed by atoms with van der Waals surface area (Å²) in [5, 5.41) is 14.0. The third-order valence-corrected chi connectivity index (χ3v) is 2.17. The van der Waals surface area contributed by atoms with Crippen molar-refractivity contribution in [1.82, 2.24) is 0 Å². The number of halogens is 4. The third-order valence-electron chi connectivity index (χ3n) is 2.17. The number of nitrogens with zero attached hydrogens (tertiary/aromatic N) is 4. The predicted molar refractivity (Wildman–Crippen MR) is 56.8 cm³/mol. The second kappa shape index (κ2) is 5.52. The lowest BCUT2D eigenvalue weighted by molar-refractivity contribution is 0.434. The molecule has 0 spiro atoms. The van der Waals surface area contributed by atoms with E-state index in [2.05, 4.69) is 9.69 Å². The maximum absolute atomic E-state index is 13.6. The Morgan fingerprint density at radius 3 is 1.45 bits per heavy atom. The maximum atomic E-state index is 13.6. The van der Waals surface area contributed by atoms with E-state index in [1.807, 2.05) is 0 Å². The average Bonchev–Trinajstić information content (AvgIpc) is 2.46. The lowest BCUT2D eigenvalue weighted by Crippen LogP contribution is -2.30. The van der Waals surface area contributed by atoms with Gasteiger partial charge in [0, 0.05) is 0 Å². The highest BCUT2D eigenvalue weighted by Gasteiger charge is 2.25. The first kappa shape index (κ1) is 14.7. The molecule has 0 aliphatic carbocycles. The second-order valence-electron chi connectivity index (χ2n) is 3.15. The molecule has 0 aromatic heterocycles. The Morgan fingerprint density at radius 2 is 1.15 bits per heavy atom. The van der Waals surface area contributed by atoms with Crippen molar-refractivity contribution < 1.29 is 17.6 Å². The molecular formula is C12F4N4. The van der Waals surface area contributed by atoms with Crippen LogP contribution in [0.3, 0.4) is 0 Å². The standard InChI is InChI=1S/C12F4N4/c1-19-12(20-2)7-10(15)8(13)6(5(3-17)4-18)9(14)11(7)16. The highest BCUT2D eigenvalue weighted by Crippen LogP contribution is 2.08. The Labute approximate surface area is 109 Å². The molecule has 1 aromatic carbocycles. The SMILES string of the molecule is [C-]#[N+]C([N+]#[C-])=c1c(F)c(F)c(=C(C#N)C#N)c(F)c1F. The molecule has 96 valence electrons. The number of hydrogen-bond donors (Lipinski definition) is 0. The summed E-state index contributed by atoms with van der Waals surface area (Å²) >= 11 is 0. The van der Waals surface area contributed by atoms with E-state index in [1.165, 1.54) is 0 Å². The fraction of sp³-hybridized carbons (Fsp3) is 0. The molecule has 0 fully saturated rings. The van der Waals surface area contributed by atoms with Crippen LogP contribution in [0, 0.1) is 59.1 Å². The summed E-state index contributed by atoms with van der Waals surface area (Å²) in [6.07, 6.45) is 0. The Bertz CT molecular complexity index is 746. The van der Waals surface area contributed by atoms with Gasteiger partial charge in [0.15, 0.2) is 23.3 Å². The smallest absolute Gasteiger partial charge is 0.204 e. The van der Waals surface area contributed by atoms with Crippen LogP contribution in [0.4, 0.5) is 17.6 Å². The van der Waals surface area contributed by atoms with Crippen molar-refractivity contribution in [2.24, 2.45) is 0 Å². The van der Waals surface area contributed by atoms with Crippen LogP contribution in [0.1, 0.15) is 0 Å². The normalized spacial score (nSPS) is 8.80. The molecule has 0 saturated carbocycles. The predicted octanol–water partition coefficient (Wildman–Crippen LogP) is 1.35. The van der Waals surface area contributed by atoms with E-state index in [1.54, 1.807) is 0 Å². The highest BCUT2D eigenvalue weighted by molar-refractivity contribution is 5.73. The Hall–Kier alpha value is -3.36. The molecule has 0 heterocycles. The van der Waals surface area contributed by atoms with Crippen LogP contribution in [-0.4, -0.2) is 0 Å². The summed E-state index contributed by atoms with van der Waals surface area (Å²) in [7, 11) is 0. The van der Waals surface area contributed by atoms with Crippen LogP contribution in [0.25, 0.3) is 21.1 Å². The van der Waals surface area contributed by atoms with Crippen LogP contribution >= 0.6 is 0 Å². The molecule has 0 saturated heterocycles. The van der Waals surface area contributed by atoms with E-state index in [-0.39, 0.29) is 0 Å². The topological polar surface area (TPSA) is 56.3 Å².